The molecule has 0 fully saturated rings. The number of hydrogen-bond donors (Lipinski definition) is 1. The van der Waals surface area contributed by atoms with Crippen molar-refractivity contribution in [3.05, 3.63) is 46.9 Å². The van der Waals surface area contributed by atoms with Crippen LogP contribution in [0.25, 0.3) is 0 Å². The van der Waals surface area contributed by atoms with E-state index in [2.05, 4.69) is 20.5 Å². The normalized spacial score (nSPS) is 10.0. The van der Waals surface area contributed by atoms with Gasteiger partial charge in [-0.3, -0.25) is 4.79 Å². The summed E-state index contributed by atoms with van der Waals surface area (Å²) in [5.41, 5.74) is 1.02. The van der Waals surface area contributed by atoms with E-state index in [-0.39, 0.29) is 5.91 Å². The summed E-state index contributed by atoms with van der Waals surface area (Å²) >= 11 is 5.79. The monoisotopic (exact) mass is 248 g/mol. The van der Waals surface area contributed by atoms with Gasteiger partial charge in [0.2, 0.25) is 0 Å². The van der Waals surface area contributed by atoms with Gasteiger partial charge < -0.3 is 5.32 Å². The lowest BCUT2D eigenvalue weighted by Gasteiger charge is -2.05. The van der Waals surface area contributed by atoms with Crippen molar-refractivity contribution >= 4 is 23.3 Å². The van der Waals surface area contributed by atoms with E-state index < -0.39 is 0 Å². The van der Waals surface area contributed by atoms with E-state index in [1.54, 1.807) is 25.1 Å². The van der Waals surface area contributed by atoms with Gasteiger partial charge in [0.15, 0.2) is 0 Å². The highest BCUT2D eigenvalue weighted by Gasteiger charge is 2.10. The Kier molecular flexibility index (Phi) is 3.30. The van der Waals surface area contributed by atoms with Gasteiger partial charge in [-0.2, -0.15) is 10.2 Å². The van der Waals surface area contributed by atoms with Gasteiger partial charge in [-0.05, 0) is 25.1 Å². The third kappa shape index (κ3) is 2.76. The van der Waals surface area contributed by atoms with Crippen LogP contribution in [-0.2, 0) is 0 Å². The van der Waals surface area contributed by atoms with Crippen LogP contribution in [0.4, 0.5) is 5.82 Å². The Hall–Kier alpha value is -2.01. The first-order valence-electron chi connectivity index (χ1n) is 4.88. The van der Waals surface area contributed by atoms with Crippen molar-refractivity contribution in [1.29, 1.82) is 0 Å². The number of carbonyl (C=O) groups is 1. The molecule has 86 valence electrons. The summed E-state index contributed by atoms with van der Waals surface area (Å²) in [6, 6.07) is 4.81. The van der Waals surface area contributed by atoms with Gasteiger partial charge in [-0.15, -0.1) is 0 Å². The van der Waals surface area contributed by atoms with Gasteiger partial charge in [-0.1, -0.05) is 11.6 Å². The lowest BCUT2D eigenvalue weighted by Crippen LogP contribution is -2.15. The number of halogens is 1. The molecule has 0 saturated carbocycles. The molecule has 2 rings (SSSR count). The van der Waals surface area contributed by atoms with Crippen molar-refractivity contribution in [3.8, 4) is 0 Å². The van der Waals surface area contributed by atoms with Crippen LogP contribution in [0.15, 0.2) is 30.6 Å². The van der Waals surface area contributed by atoms with Crippen LogP contribution >= 0.6 is 11.6 Å². The number of nitrogens with one attached hydrogen (secondary N) is 1. The van der Waals surface area contributed by atoms with Crippen molar-refractivity contribution in [2.45, 2.75) is 6.92 Å². The highest BCUT2D eigenvalue weighted by Crippen LogP contribution is 2.13. The molecule has 0 radical (unpaired) electrons. The Morgan fingerprint density at radius 2 is 2.18 bits per heavy atom. The topological polar surface area (TPSA) is 67.8 Å². The highest BCUT2D eigenvalue weighted by molar-refractivity contribution is 6.30. The van der Waals surface area contributed by atoms with E-state index in [4.69, 9.17) is 11.6 Å². The highest BCUT2D eigenvalue weighted by atomic mass is 35.5. The van der Waals surface area contributed by atoms with Gasteiger partial charge in [0.05, 0.1) is 17.5 Å². The van der Waals surface area contributed by atoms with E-state index in [1.165, 1.54) is 12.4 Å². The van der Waals surface area contributed by atoms with Crippen molar-refractivity contribution < 1.29 is 4.79 Å². The smallest absolute Gasteiger partial charge is 0.258 e. The molecular formula is C11H9ClN4O. The number of nitrogens with zero attached hydrogens (tertiary/aromatic N) is 3. The first-order chi connectivity index (χ1) is 8.16. The molecule has 6 heteroatoms. The minimum absolute atomic E-state index is 0.285. The fourth-order valence-electron chi connectivity index (χ4n) is 1.30. The molecule has 2 heterocycles. The van der Waals surface area contributed by atoms with Crippen molar-refractivity contribution in [2.75, 3.05) is 5.32 Å². The SMILES string of the molecule is Cc1nnccc1C(=O)Nc1cc(Cl)ccn1. The van der Waals surface area contributed by atoms with E-state index in [0.29, 0.717) is 22.1 Å². The molecule has 0 aliphatic heterocycles. The molecule has 5 nitrogen and oxygen atoms in total. The predicted octanol–water partition coefficient (Wildman–Crippen LogP) is 2.09. The van der Waals surface area contributed by atoms with Gasteiger partial charge in [0.1, 0.15) is 5.82 Å². The summed E-state index contributed by atoms with van der Waals surface area (Å²) < 4.78 is 0. The second-order valence-corrected chi connectivity index (χ2v) is 3.78. The first-order valence-corrected chi connectivity index (χ1v) is 5.26. The minimum Gasteiger partial charge on any atom is -0.306 e. The average Bonchev–Trinajstić information content (AvgIpc) is 2.29. The van der Waals surface area contributed by atoms with E-state index >= 15 is 0 Å². The lowest BCUT2D eigenvalue weighted by molar-refractivity contribution is 0.102. The van der Waals surface area contributed by atoms with Crippen LogP contribution in [-0.4, -0.2) is 21.1 Å². The number of carbonyl (C=O) groups excluding carboxylic acids is 1. The summed E-state index contributed by atoms with van der Waals surface area (Å²) in [5, 5.41) is 10.6. The third-order valence-electron chi connectivity index (χ3n) is 2.11. The second-order valence-electron chi connectivity index (χ2n) is 3.34. The Labute approximate surface area is 103 Å². The molecule has 0 aromatic carbocycles. The van der Waals surface area contributed by atoms with Crippen LogP contribution in [0, 0.1) is 6.92 Å². The zero-order valence-corrected chi connectivity index (χ0v) is 9.77. The fourth-order valence-corrected chi connectivity index (χ4v) is 1.46. The Balaban J connectivity index is 2.20. The number of rotatable bonds is 2. The van der Waals surface area contributed by atoms with E-state index in [0.717, 1.165) is 0 Å². The minimum atomic E-state index is -0.285. The molecular weight excluding hydrogens is 240 g/mol. The average molecular weight is 249 g/mol. The van der Waals surface area contributed by atoms with Crippen LogP contribution in [0.3, 0.4) is 0 Å². The maximum Gasteiger partial charge on any atom is 0.258 e. The van der Waals surface area contributed by atoms with Crippen LogP contribution in [0.2, 0.25) is 5.02 Å². The van der Waals surface area contributed by atoms with Gasteiger partial charge >= 0.3 is 0 Å². The molecule has 0 aliphatic carbocycles. The summed E-state index contributed by atoms with van der Waals surface area (Å²) in [6.07, 6.45) is 2.99. The van der Waals surface area contributed by atoms with Crippen LogP contribution < -0.4 is 5.32 Å². The number of anilines is 1. The van der Waals surface area contributed by atoms with Crippen molar-refractivity contribution in [3.63, 3.8) is 0 Å². The summed E-state index contributed by atoms with van der Waals surface area (Å²) in [4.78, 5) is 15.9. The largest absolute Gasteiger partial charge is 0.306 e. The van der Waals surface area contributed by atoms with Gasteiger partial charge in [0, 0.05) is 11.2 Å². The summed E-state index contributed by atoms with van der Waals surface area (Å²) in [5.74, 6) is 0.117. The molecule has 0 atom stereocenters. The Bertz CT molecular complexity index is 559. The molecule has 2 aromatic heterocycles. The van der Waals surface area contributed by atoms with Gasteiger partial charge in [-0.25, -0.2) is 4.98 Å². The summed E-state index contributed by atoms with van der Waals surface area (Å²) in [7, 11) is 0. The maximum absolute atomic E-state index is 11.9. The third-order valence-corrected chi connectivity index (χ3v) is 2.35. The van der Waals surface area contributed by atoms with Crippen LogP contribution in [0.5, 0.6) is 0 Å². The quantitative estimate of drug-likeness (QED) is 0.884. The predicted molar refractivity (Wildman–Crippen MR) is 64.0 cm³/mol. The van der Waals surface area contributed by atoms with E-state index in [9.17, 15) is 4.79 Å². The number of amides is 1. The van der Waals surface area contributed by atoms with Crippen LogP contribution in [0.1, 0.15) is 16.1 Å². The van der Waals surface area contributed by atoms with Crippen molar-refractivity contribution in [2.24, 2.45) is 0 Å². The maximum atomic E-state index is 11.9. The molecule has 0 saturated heterocycles. The molecule has 2 aromatic rings. The Morgan fingerprint density at radius 3 is 2.88 bits per heavy atom. The van der Waals surface area contributed by atoms with Crippen molar-refractivity contribution in [1.82, 2.24) is 15.2 Å². The first kappa shape index (κ1) is 11.5. The zero-order chi connectivity index (χ0) is 12.3. The molecule has 17 heavy (non-hydrogen) atoms. The van der Waals surface area contributed by atoms with Gasteiger partial charge in [0.25, 0.3) is 5.91 Å². The lowest BCUT2D eigenvalue weighted by atomic mass is 10.2. The number of aryl methyl sites for hydroxylation is 1. The second kappa shape index (κ2) is 4.88. The molecule has 1 amide bonds. The van der Waals surface area contributed by atoms with E-state index in [1.807, 2.05) is 0 Å². The standard InChI is InChI=1S/C11H9ClN4O/c1-7-9(3-5-14-16-7)11(17)15-10-6-8(12)2-4-13-10/h2-6H,1H3,(H,13,15,17). The number of aromatic nitrogens is 3. The molecule has 0 bridgehead atoms. The number of hydrogen-bond acceptors (Lipinski definition) is 4. The summed E-state index contributed by atoms with van der Waals surface area (Å²) in [6.45, 7) is 1.72. The molecule has 0 spiro atoms. The zero-order valence-electron chi connectivity index (χ0n) is 9.01. The number of pyridine rings is 1. The molecule has 0 unspecified atom stereocenters. The fraction of sp³-hybridized carbons (Fsp3) is 0.0909. The Morgan fingerprint density at radius 1 is 1.35 bits per heavy atom. The molecule has 0 aliphatic rings. The molecule has 1 N–H and O–H groups in total.